The van der Waals surface area contributed by atoms with Gasteiger partial charge in [-0.1, -0.05) is 17.7 Å². The van der Waals surface area contributed by atoms with E-state index in [1.807, 2.05) is 6.08 Å². The van der Waals surface area contributed by atoms with Gasteiger partial charge < -0.3 is 10.4 Å². The molecule has 126 valence electrons. The average molecular weight is 372 g/mol. The predicted octanol–water partition coefficient (Wildman–Crippen LogP) is 3.94. The van der Waals surface area contributed by atoms with Gasteiger partial charge in [0.15, 0.2) is 11.6 Å². The largest absolute Gasteiger partial charge is 0.505 e. The molecule has 0 amide bonds. The van der Waals surface area contributed by atoms with Gasteiger partial charge >= 0.3 is 0 Å². The van der Waals surface area contributed by atoms with Gasteiger partial charge in [0.1, 0.15) is 0 Å². The van der Waals surface area contributed by atoms with Gasteiger partial charge in [-0.2, -0.15) is 0 Å². The number of rotatable bonds is 5. The molecule has 1 aromatic rings. The topological polar surface area (TPSA) is 35.5 Å². The molecule has 0 spiro atoms. The summed E-state index contributed by atoms with van der Waals surface area (Å²) in [5, 5.41) is 13.6. The predicted molar refractivity (Wildman–Crippen MR) is 94.2 cm³/mol. The molecule has 1 fully saturated rings. The van der Waals surface area contributed by atoms with Crippen LogP contribution in [-0.2, 0) is 0 Å². The number of phenolic OH excluding ortho intramolecular Hbond substituents is 1. The van der Waals surface area contributed by atoms with Crippen LogP contribution in [0, 0.1) is 5.82 Å². The Labute approximate surface area is 148 Å². The summed E-state index contributed by atoms with van der Waals surface area (Å²) < 4.78 is 13.7. The average Bonchev–Trinajstić information content (AvgIpc) is 2.45. The van der Waals surface area contributed by atoms with Gasteiger partial charge in [-0.05, 0) is 25.0 Å². The number of allylic oxidation sites excluding steroid dienone is 1. The molecule has 1 heterocycles. The molecule has 0 radical (unpaired) electrons. The van der Waals surface area contributed by atoms with E-state index >= 15 is 0 Å². The molecule has 1 aliphatic heterocycles. The lowest BCUT2D eigenvalue weighted by molar-refractivity contribution is 0.163. The van der Waals surface area contributed by atoms with Crippen molar-refractivity contribution in [3.63, 3.8) is 0 Å². The minimum absolute atomic E-state index is 0. The fourth-order valence-electron chi connectivity index (χ4n) is 2.64. The van der Waals surface area contributed by atoms with Gasteiger partial charge in [0.05, 0.1) is 0 Å². The molecular formula is C15H22Cl3FN2O. The number of aromatic hydroxyl groups is 1. The minimum atomic E-state index is -0.661. The van der Waals surface area contributed by atoms with Crippen LogP contribution in [0.15, 0.2) is 24.8 Å². The Kier molecular flexibility index (Phi) is 10.0. The fraction of sp³-hybridized carbons (Fsp3) is 0.467. The van der Waals surface area contributed by atoms with Crippen LogP contribution in [0.3, 0.4) is 0 Å². The van der Waals surface area contributed by atoms with Gasteiger partial charge in [0.25, 0.3) is 0 Å². The molecule has 7 heteroatoms. The van der Waals surface area contributed by atoms with Crippen LogP contribution in [0.4, 0.5) is 4.39 Å². The van der Waals surface area contributed by atoms with E-state index in [9.17, 15) is 9.50 Å². The standard InChI is InChI=1S/C15H20ClFN2O.2ClH/c1-2-3-4-14(19-7-5-18-6-8-19)12-9-11(16)10-13(17)15(12)20;;/h2,9-10,14,18,20H,1,3-8H2;2*1H/t14-;;/m0../s1. The van der Waals surface area contributed by atoms with Crippen molar-refractivity contribution in [3.8, 4) is 5.75 Å². The van der Waals surface area contributed by atoms with E-state index in [2.05, 4.69) is 16.8 Å². The highest BCUT2D eigenvalue weighted by molar-refractivity contribution is 6.30. The molecule has 0 aliphatic carbocycles. The second-order valence-electron chi connectivity index (χ2n) is 4.99. The molecular weight excluding hydrogens is 350 g/mol. The van der Waals surface area contributed by atoms with Crippen LogP contribution >= 0.6 is 36.4 Å². The molecule has 1 aliphatic rings. The maximum Gasteiger partial charge on any atom is 0.166 e. The Morgan fingerprint density at radius 1 is 1.36 bits per heavy atom. The Morgan fingerprint density at radius 3 is 2.59 bits per heavy atom. The summed E-state index contributed by atoms with van der Waals surface area (Å²) in [6.07, 6.45) is 3.44. The van der Waals surface area contributed by atoms with E-state index in [0.29, 0.717) is 10.6 Å². The summed E-state index contributed by atoms with van der Waals surface area (Å²) in [5.41, 5.74) is 0.568. The van der Waals surface area contributed by atoms with E-state index in [1.165, 1.54) is 0 Å². The molecule has 0 bridgehead atoms. The molecule has 1 saturated heterocycles. The Hall–Kier alpha value is -0.520. The zero-order valence-corrected chi connectivity index (χ0v) is 14.6. The summed E-state index contributed by atoms with van der Waals surface area (Å²) in [5.74, 6) is -0.951. The molecule has 22 heavy (non-hydrogen) atoms. The summed E-state index contributed by atoms with van der Waals surface area (Å²) in [7, 11) is 0. The van der Waals surface area contributed by atoms with E-state index in [0.717, 1.165) is 45.1 Å². The molecule has 0 saturated carbocycles. The number of hydrogen-bond donors (Lipinski definition) is 2. The molecule has 1 aromatic carbocycles. The minimum Gasteiger partial charge on any atom is -0.505 e. The molecule has 2 N–H and O–H groups in total. The van der Waals surface area contributed by atoms with Crippen molar-refractivity contribution in [1.82, 2.24) is 10.2 Å². The molecule has 3 nitrogen and oxygen atoms in total. The second-order valence-corrected chi connectivity index (χ2v) is 5.43. The monoisotopic (exact) mass is 370 g/mol. The van der Waals surface area contributed by atoms with Gasteiger partial charge in [0.2, 0.25) is 0 Å². The second kappa shape index (κ2) is 10.3. The molecule has 0 aromatic heterocycles. The van der Waals surface area contributed by atoms with E-state index < -0.39 is 5.82 Å². The highest BCUT2D eigenvalue weighted by Gasteiger charge is 2.25. The third-order valence-electron chi connectivity index (χ3n) is 3.65. The number of benzene rings is 1. The molecule has 2 rings (SSSR count). The highest BCUT2D eigenvalue weighted by atomic mass is 35.5. The summed E-state index contributed by atoms with van der Waals surface area (Å²) in [4.78, 5) is 2.25. The maximum atomic E-state index is 13.7. The zero-order valence-electron chi connectivity index (χ0n) is 12.2. The lowest BCUT2D eigenvalue weighted by atomic mass is 9.98. The highest BCUT2D eigenvalue weighted by Crippen LogP contribution is 2.36. The first-order chi connectivity index (χ1) is 9.63. The van der Waals surface area contributed by atoms with Crippen LogP contribution in [0.5, 0.6) is 5.75 Å². The number of hydrogen-bond acceptors (Lipinski definition) is 3. The lowest BCUT2D eigenvalue weighted by Gasteiger charge is -2.35. The van der Waals surface area contributed by atoms with Gasteiger partial charge in [-0.3, -0.25) is 4.90 Å². The molecule has 1 atom stereocenters. The van der Waals surface area contributed by atoms with Crippen molar-refractivity contribution in [2.24, 2.45) is 0 Å². The number of nitrogens with zero attached hydrogens (tertiary/aromatic N) is 1. The van der Waals surface area contributed by atoms with Crippen LogP contribution in [0.2, 0.25) is 5.02 Å². The third kappa shape index (κ3) is 5.28. The van der Waals surface area contributed by atoms with Gasteiger partial charge in [-0.25, -0.2) is 4.39 Å². The first-order valence-electron chi connectivity index (χ1n) is 6.87. The van der Waals surface area contributed by atoms with Crippen molar-refractivity contribution in [1.29, 1.82) is 0 Å². The Morgan fingerprint density at radius 2 is 2.00 bits per heavy atom. The van der Waals surface area contributed by atoms with Gasteiger partial charge in [-0.15, -0.1) is 31.4 Å². The summed E-state index contributed by atoms with van der Waals surface area (Å²) in [6, 6.07) is 2.77. The Bertz CT molecular complexity index is 482. The lowest BCUT2D eigenvalue weighted by Crippen LogP contribution is -2.45. The first kappa shape index (κ1) is 21.5. The van der Waals surface area contributed by atoms with Crippen LogP contribution < -0.4 is 5.32 Å². The number of nitrogens with one attached hydrogen (secondary N) is 1. The third-order valence-corrected chi connectivity index (χ3v) is 3.87. The van der Waals surface area contributed by atoms with Crippen molar-refractivity contribution >= 4 is 36.4 Å². The van der Waals surface area contributed by atoms with Crippen molar-refractivity contribution < 1.29 is 9.50 Å². The van der Waals surface area contributed by atoms with E-state index in [4.69, 9.17) is 11.6 Å². The smallest absolute Gasteiger partial charge is 0.166 e. The number of phenols is 1. The molecule has 0 unspecified atom stereocenters. The first-order valence-corrected chi connectivity index (χ1v) is 7.25. The van der Waals surface area contributed by atoms with Crippen molar-refractivity contribution in [2.75, 3.05) is 26.2 Å². The fourth-order valence-corrected chi connectivity index (χ4v) is 2.86. The summed E-state index contributed by atoms with van der Waals surface area (Å²) in [6.45, 7) is 7.27. The van der Waals surface area contributed by atoms with Crippen LogP contribution in [0.25, 0.3) is 0 Å². The zero-order chi connectivity index (χ0) is 14.5. The van der Waals surface area contributed by atoms with Crippen molar-refractivity contribution in [3.05, 3.63) is 41.2 Å². The summed E-state index contributed by atoms with van der Waals surface area (Å²) >= 11 is 5.94. The quantitative estimate of drug-likeness (QED) is 0.770. The van der Waals surface area contributed by atoms with Crippen LogP contribution in [0.1, 0.15) is 24.4 Å². The number of halogens is 4. The van der Waals surface area contributed by atoms with Gasteiger partial charge in [0, 0.05) is 42.8 Å². The number of piperazine rings is 1. The van der Waals surface area contributed by atoms with E-state index in [-0.39, 0.29) is 36.6 Å². The SMILES string of the molecule is C=CCC[C@@H](c1cc(Cl)cc(F)c1O)N1CCNCC1.Cl.Cl. The Balaban J connectivity index is 0.00000220. The van der Waals surface area contributed by atoms with Crippen molar-refractivity contribution in [2.45, 2.75) is 18.9 Å². The normalized spacial score (nSPS) is 16.3. The van der Waals surface area contributed by atoms with E-state index in [1.54, 1.807) is 6.07 Å². The maximum absolute atomic E-state index is 13.7. The van der Waals surface area contributed by atoms with Crippen LogP contribution in [-0.4, -0.2) is 36.2 Å².